The molecule has 0 bridgehead atoms. The summed E-state index contributed by atoms with van der Waals surface area (Å²) in [6.45, 7) is 8.07. The summed E-state index contributed by atoms with van der Waals surface area (Å²) < 4.78 is 5.18. The van der Waals surface area contributed by atoms with Gasteiger partial charge in [-0.05, 0) is 56.0 Å². The molecule has 0 radical (unpaired) electrons. The van der Waals surface area contributed by atoms with E-state index in [4.69, 9.17) is 9.84 Å². The summed E-state index contributed by atoms with van der Waals surface area (Å²) in [6.07, 6.45) is 1.59. The molecule has 1 aliphatic rings. The first-order valence-corrected chi connectivity index (χ1v) is 16.2. The summed E-state index contributed by atoms with van der Waals surface area (Å²) in [4.78, 5) is 88.7. The van der Waals surface area contributed by atoms with E-state index in [-0.39, 0.29) is 31.9 Å². The first-order valence-electron chi connectivity index (χ1n) is 16.2. The van der Waals surface area contributed by atoms with E-state index < -0.39 is 72.2 Å². The number of carboxylic acid groups (broad SMARTS) is 1. The topological polar surface area (TPSA) is 200 Å². The maximum atomic E-state index is 13.4. The number of hydrogen-bond acceptors (Lipinski definition) is 9. The average molecular weight is 660 g/mol. The van der Waals surface area contributed by atoms with Crippen LogP contribution in [0.25, 0.3) is 0 Å². The number of nitrogens with one attached hydrogen (secondary N) is 4. The van der Waals surface area contributed by atoms with E-state index in [0.29, 0.717) is 32.2 Å². The SMILES string of the molecule is CC(C)C(NC(=O)C(CCCCNC(=O)OCc1ccccc1)NC(=O)CCC(=O)O)C(=O)NC(=O)C1CCCN1C(C=O)C(C)C. The maximum absolute atomic E-state index is 13.4. The largest absolute Gasteiger partial charge is 0.481 e. The van der Waals surface area contributed by atoms with Crippen LogP contribution < -0.4 is 21.3 Å². The lowest BCUT2D eigenvalue weighted by Gasteiger charge is -2.31. The minimum atomic E-state index is -1.17. The number of amides is 5. The van der Waals surface area contributed by atoms with Crippen molar-refractivity contribution in [3.63, 3.8) is 0 Å². The lowest BCUT2D eigenvalue weighted by atomic mass is 10.0. The highest BCUT2D eigenvalue weighted by Crippen LogP contribution is 2.23. The Morgan fingerprint density at radius 3 is 2.28 bits per heavy atom. The van der Waals surface area contributed by atoms with Crippen molar-refractivity contribution in [2.24, 2.45) is 11.8 Å². The summed E-state index contributed by atoms with van der Waals surface area (Å²) in [7, 11) is 0. The van der Waals surface area contributed by atoms with E-state index in [1.54, 1.807) is 18.7 Å². The van der Waals surface area contributed by atoms with E-state index in [0.717, 1.165) is 11.8 Å². The Morgan fingerprint density at radius 1 is 0.957 bits per heavy atom. The minimum absolute atomic E-state index is 0.0220. The molecule has 0 aliphatic carbocycles. The zero-order chi connectivity index (χ0) is 34.9. The van der Waals surface area contributed by atoms with Crippen molar-refractivity contribution in [1.29, 1.82) is 0 Å². The van der Waals surface area contributed by atoms with Crippen molar-refractivity contribution in [3.05, 3.63) is 35.9 Å². The highest BCUT2D eigenvalue weighted by atomic mass is 16.5. The number of rotatable bonds is 19. The van der Waals surface area contributed by atoms with Gasteiger partial charge in [0.1, 0.15) is 25.0 Å². The van der Waals surface area contributed by atoms with Crippen molar-refractivity contribution in [1.82, 2.24) is 26.2 Å². The highest BCUT2D eigenvalue weighted by molar-refractivity contribution is 6.02. The zero-order valence-electron chi connectivity index (χ0n) is 27.7. The van der Waals surface area contributed by atoms with Crippen LogP contribution in [0.4, 0.5) is 4.79 Å². The van der Waals surface area contributed by atoms with Gasteiger partial charge in [-0.25, -0.2) is 4.79 Å². The van der Waals surface area contributed by atoms with Crippen molar-refractivity contribution >= 4 is 42.0 Å². The normalized spacial score (nSPS) is 16.5. The molecule has 0 saturated carbocycles. The van der Waals surface area contributed by atoms with Gasteiger partial charge in [0, 0.05) is 13.0 Å². The third-order valence-corrected chi connectivity index (χ3v) is 7.91. The van der Waals surface area contributed by atoms with Crippen LogP contribution in [0, 0.1) is 11.8 Å². The van der Waals surface area contributed by atoms with Crippen molar-refractivity contribution in [2.45, 2.75) is 103 Å². The number of ether oxygens (including phenoxy) is 1. The van der Waals surface area contributed by atoms with E-state index in [1.807, 2.05) is 44.2 Å². The molecule has 2 rings (SSSR count). The number of carboxylic acids is 1. The van der Waals surface area contributed by atoms with Gasteiger partial charge in [-0.15, -0.1) is 0 Å². The van der Waals surface area contributed by atoms with Gasteiger partial charge in [-0.3, -0.25) is 34.2 Å². The lowest BCUT2D eigenvalue weighted by molar-refractivity contribution is -0.140. The maximum Gasteiger partial charge on any atom is 0.407 e. The molecule has 0 aromatic heterocycles. The summed E-state index contributed by atoms with van der Waals surface area (Å²) >= 11 is 0. The van der Waals surface area contributed by atoms with E-state index in [9.17, 15) is 33.6 Å². The van der Waals surface area contributed by atoms with Gasteiger partial charge in [0.15, 0.2) is 0 Å². The molecule has 1 saturated heterocycles. The second-order valence-corrected chi connectivity index (χ2v) is 12.3. The van der Waals surface area contributed by atoms with Crippen LogP contribution in [0.5, 0.6) is 0 Å². The van der Waals surface area contributed by atoms with E-state index in [2.05, 4.69) is 21.3 Å². The van der Waals surface area contributed by atoms with Crippen LogP contribution in [-0.2, 0) is 40.1 Å². The van der Waals surface area contributed by atoms with Crippen molar-refractivity contribution < 1.29 is 43.4 Å². The van der Waals surface area contributed by atoms with Gasteiger partial charge in [-0.2, -0.15) is 0 Å². The van der Waals surface area contributed by atoms with Crippen molar-refractivity contribution in [2.75, 3.05) is 13.1 Å². The van der Waals surface area contributed by atoms with E-state index >= 15 is 0 Å². The molecular weight excluding hydrogens is 610 g/mol. The summed E-state index contributed by atoms with van der Waals surface area (Å²) in [5, 5.41) is 19.2. The highest BCUT2D eigenvalue weighted by Gasteiger charge is 2.38. The van der Waals surface area contributed by atoms with Crippen molar-refractivity contribution in [3.8, 4) is 0 Å². The molecule has 0 spiro atoms. The Balaban J connectivity index is 1.98. The molecule has 1 heterocycles. The van der Waals surface area contributed by atoms with Gasteiger partial charge >= 0.3 is 12.1 Å². The van der Waals surface area contributed by atoms with Gasteiger partial charge in [0.2, 0.25) is 23.6 Å². The number of carbonyl (C=O) groups excluding carboxylic acids is 6. The summed E-state index contributed by atoms with van der Waals surface area (Å²) in [6, 6.07) is 5.83. The number of likely N-dealkylation sites (tertiary alicyclic amines) is 1. The number of alkyl carbamates (subject to hydrolysis) is 1. The molecule has 4 atom stereocenters. The molecule has 1 aromatic carbocycles. The fourth-order valence-corrected chi connectivity index (χ4v) is 5.31. The summed E-state index contributed by atoms with van der Waals surface area (Å²) in [5.74, 6) is -4.20. The molecule has 5 N–H and O–H groups in total. The molecular formula is C33H49N5O9. The second-order valence-electron chi connectivity index (χ2n) is 12.3. The molecule has 5 amide bonds. The van der Waals surface area contributed by atoms with Crippen LogP contribution in [0.3, 0.4) is 0 Å². The molecule has 1 fully saturated rings. The molecule has 14 nitrogen and oxygen atoms in total. The lowest BCUT2D eigenvalue weighted by Crippen LogP contribution is -2.58. The standard InChI is InChI=1S/C33H49N5O9/c1-21(2)26(19-39)38-18-10-14-25(38)31(44)37-32(45)29(22(3)4)36-30(43)24(35-27(40)15-16-28(41)42)13-8-9-17-34-33(46)47-20-23-11-6-5-7-12-23/h5-7,11-12,19,21-22,24-26,29H,8-10,13-18,20H2,1-4H3,(H,34,46)(H,35,40)(H,36,43)(H,41,42)(H,37,44,45). The number of carbonyl (C=O) groups is 7. The Hall–Kier alpha value is -4.33. The second kappa shape index (κ2) is 20.0. The van der Waals surface area contributed by atoms with Gasteiger partial charge in [-0.1, -0.05) is 58.0 Å². The number of aldehydes is 1. The van der Waals surface area contributed by atoms with Gasteiger partial charge < -0.3 is 30.6 Å². The molecule has 47 heavy (non-hydrogen) atoms. The third kappa shape index (κ3) is 13.5. The Morgan fingerprint density at radius 2 is 1.66 bits per heavy atom. The quantitative estimate of drug-likeness (QED) is 0.108. The smallest absolute Gasteiger partial charge is 0.407 e. The molecule has 4 unspecified atom stereocenters. The molecule has 14 heteroatoms. The number of imide groups is 1. The van der Waals surface area contributed by atoms with E-state index in [1.165, 1.54) is 0 Å². The predicted molar refractivity (Wildman–Crippen MR) is 172 cm³/mol. The fourth-order valence-electron chi connectivity index (χ4n) is 5.31. The van der Waals surface area contributed by atoms with Gasteiger partial charge in [0.25, 0.3) is 0 Å². The Labute approximate surface area is 275 Å². The number of unbranched alkanes of at least 4 members (excludes halogenated alkanes) is 1. The first-order chi connectivity index (χ1) is 22.3. The molecule has 260 valence electrons. The predicted octanol–water partition coefficient (Wildman–Crippen LogP) is 1.90. The molecule has 1 aromatic rings. The Kier molecular flexibility index (Phi) is 16.6. The zero-order valence-corrected chi connectivity index (χ0v) is 27.7. The van der Waals surface area contributed by atoms with Gasteiger partial charge in [0.05, 0.1) is 18.5 Å². The Bertz CT molecular complexity index is 1220. The average Bonchev–Trinajstić information content (AvgIpc) is 3.50. The monoisotopic (exact) mass is 659 g/mol. The fraction of sp³-hybridized carbons (Fsp3) is 0.606. The number of nitrogens with zero attached hydrogens (tertiary/aromatic N) is 1. The summed E-state index contributed by atoms with van der Waals surface area (Å²) in [5.41, 5.74) is 0.839. The number of benzene rings is 1. The van der Waals surface area contributed by atoms with Crippen LogP contribution in [0.2, 0.25) is 0 Å². The van der Waals surface area contributed by atoms with Crippen LogP contribution >= 0.6 is 0 Å². The number of aliphatic carboxylic acids is 1. The third-order valence-electron chi connectivity index (χ3n) is 7.91. The number of hydrogen-bond donors (Lipinski definition) is 5. The van der Waals surface area contributed by atoms with Crippen LogP contribution in [0.1, 0.15) is 78.2 Å². The molecule has 1 aliphatic heterocycles. The minimum Gasteiger partial charge on any atom is -0.481 e. The van der Waals surface area contributed by atoms with Crippen LogP contribution in [0.15, 0.2) is 30.3 Å². The van der Waals surface area contributed by atoms with Crippen LogP contribution in [-0.4, -0.2) is 89.2 Å². The first kappa shape index (κ1) is 38.9.